The van der Waals surface area contributed by atoms with Gasteiger partial charge in [-0.3, -0.25) is 9.59 Å². The summed E-state index contributed by atoms with van der Waals surface area (Å²) in [6.07, 6.45) is 3.33. The number of hydrogen-bond acceptors (Lipinski definition) is 3. The molecule has 5 nitrogen and oxygen atoms in total. The van der Waals surface area contributed by atoms with E-state index in [4.69, 9.17) is 4.74 Å². The molecular formula is C14H16N2O3. The Kier molecular flexibility index (Phi) is 3.11. The van der Waals surface area contributed by atoms with Crippen LogP contribution >= 0.6 is 0 Å². The van der Waals surface area contributed by atoms with Gasteiger partial charge in [-0.1, -0.05) is 12.1 Å². The molecule has 0 saturated heterocycles. The minimum atomic E-state index is -0.109. The molecule has 1 aliphatic heterocycles. The Balaban J connectivity index is 1.66. The summed E-state index contributed by atoms with van der Waals surface area (Å²) in [4.78, 5) is 23.0. The van der Waals surface area contributed by atoms with Crippen molar-refractivity contribution in [2.45, 2.75) is 31.7 Å². The predicted molar refractivity (Wildman–Crippen MR) is 70.1 cm³/mol. The van der Waals surface area contributed by atoms with Crippen molar-refractivity contribution in [1.82, 2.24) is 5.32 Å². The van der Waals surface area contributed by atoms with E-state index in [1.54, 1.807) is 6.07 Å². The van der Waals surface area contributed by atoms with Crippen LogP contribution in [0.1, 0.15) is 24.8 Å². The molecule has 1 fully saturated rings. The predicted octanol–water partition coefficient (Wildman–Crippen LogP) is 1.23. The summed E-state index contributed by atoms with van der Waals surface area (Å²) in [7, 11) is 0. The van der Waals surface area contributed by atoms with E-state index in [0.717, 1.165) is 18.4 Å². The van der Waals surface area contributed by atoms with Gasteiger partial charge in [-0.25, -0.2) is 0 Å². The lowest BCUT2D eigenvalue weighted by molar-refractivity contribution is -0.123. The SMILES string of the molecule is O=C1CCc2cccc(OCC(=O)NC3CC3)c2N1. The lowest BCUT2D eigenvalue weighted by Gasteiger charge is -2.20. The van der Waals surface area contributed by atoms with Gasteiger partial charge in [-0.2, -0.15) is 0 Å². The maximum absolute atomic E-state index is 11.6. The van der Waals surface area contributed by atoms with Crippen LogP contribution in [0.2, 0.25) is 0 Å². The molecule has 1 heterocycles. The van der Waals surface area contributed by atoms with Crippen molar-refractivity contribution in [3.63, 3.8) is 0 Å². The van der Waals surface area contributed by atoms with Gasteiger partial charge in [-0.15, -0.1) is 0 Å². The molecule has 2 aliphatic rings. The molecule has 0 spiro atoms. The van der Waals surface area contributed by atoms with Gasteiger partial charge in [0.05, 0.1) is 5.69 Å². The molecule has 1 aliphatic carbocycles. The van der Waals surface area contributed by atoms with Crippen LogP contribution in [0, 0.1) is 0 Å². The van der Waals surface area contributed by atoms with Crippen LogP contribution < -0.4 is 15.4 Å². The average molecular weight is 260 g/mol. The lowest BCUT2D eigenvalue weighted by Crippen LogP contribution is -2.30. The number of amides is 2. The summed E-state index contributed by atoms with van der Waals surface area (Å²) in [5, 5.41) is 5.67. The molecule has 1 aromatic carbocycles. The number of ether oxygens (including phenoxy) is 1. The smallest absolute Gasteiger partial charge is 0.258 e. The highest BCUT2D eigenvalue weighted by Crippen LogP contribution is 2.32. The van der Waals surface area contributed by atoms with Crippen LogP contribution in [0.5, 0.6) is 5.75 Å². The number of fused-ring (bicyclic) bond motifs is 1. The molecule has 3 rings (SSSR count). The van der Waals surface area contributed by atoms with Gasteiger partial charge in [0.2, 0.25) is 5.91 Å². The van der Waals surface area contributed by atoms with E-state index in [1.807, 2.05) is 12.1 Å². The van der Waals surface area contributed by atoms with Crippen molar-refractivity contribution in [3.8, 4) is 5.75 Å². The molecule has 100 valence electrons. The van der Waals surface area contributed by atoms with E-state index in [2.05, 4.69) is 10.6 Å². The van der Waals surface area contributed by atoms with E-state index >= 15 is 0 Å². The number of nitrogens with one attached hydrogen (secondary N) is 2. The van der Waals surface area contributed by atoms with Gasteiger partial charge in [0, 0.05) is 12.5 Å². The molecule has 5 heteroatoms. The van der Waals surface area contributed by atoms with Crippen LogP contribution in [-0.2, 0) is 16.0 Å². The standard InChI is InChI=1S/C14H16N2O3/c17-12-7-4-9-2-1-3-11(14(9)16-12)19-8-13(18)15-10-5-6-10/h1-3,10H,4-8H2,(H,15,18)(H,16,17). The van der Waals surface area contributed by atoms with Gasteiger partial charge >= 0.3 is 0 Å². The van der Waals surface area contributed by atoms with E-state index in [9.17, 15) is 9.59 Å². The molecule has 19 heavy (non-hydrogen) atoms. The zero-order valence-electron chi connectivity index (χ0n) is 10.6. The van der Waals surface area contributed by atoms with Crippen LogP contribution in [0.3, 0.4) is 0 Å². The minimum absolute atomic E-state index is 0.00835. The topological polar surface area (TPSA) is 67.4 Å². The van der Waals surface area contributed by atoms with E-state index in [-0.39, 0.29) is 18.4 Å². The van der Waals surface area contributed by atoms with Gasteiger partial charge < -0.3 is 15.4 Å². The fourth-order valence-electron chi connectivity index (χ4n) is 2.14. The third-order valence-corrected chi connectivity index (χ3v) is 3.30. The van der Waals surface area contributed by atoms with E-state index in [1.165, 1.54) is 0 Å². The first-order valence-corrected chi connectivity index (χ1v) is 6.56. The van der Waals surface area contributed by atoms with Gasteiger partial charge in [0.1, 0.15) is 5.75 Å². The number of hydrogen-bond donors (Lipinski definition) is 2. The summed E-state index contributed by atoms with van der Waals surface area (Å²) in [6.45, 7) is -0.0111. The van der Waals surface area contributed by atoms with Crippen LogP contribution in [0.25, 0.3) is 0 Å². The Morgan fingerprint density at radius 3 is 3.00 bits per heavy atom. The number of aryl methyl sites for hydroxylation is 1. The monoisotopic (exact) mass is 260 g/mol. The number of para-hydroxylation sites is 1. The molecule has 0 aromatic heterocycles. The van der Waals surface area contributed by atoms with Crippen LogP contribution in [0.15, 0.2) is 18.2 Å². The van der Waals surface area contributed by atoms with Gasteiger partial charge in [-0.05, 0) is 30.9 Å². The summed E-state index contributed by atoms with van der Waals surface area (Å²) >= 11 is 0. The molecule has 1 saturated carbocycles. The zero-order chi connectivity index (χ0) is 13.2. The Morgan fingerprint density at radius 2 is 2.21 bits per heavy atom. The van der Waals surface area contributed by atoms with Gasteiger partial charge in [0.15, 0.2) is 6.61 Å². The minimum Gasteiger partial charge on any atom is -0.482 e. The molecule has 0 bridgehead atoms. The molecular weight excluding hydrogens is 244 g/mol. The Hall–Kier alpha value is -2.04. The second-order valence-corrected chi connectivity index (χ2v) is 4.97. The second-order valence-electron chi connectivity index (χ2n) is 4.97. The largest absolute Gasteiger partial charge is 0.482 e. The van der Waals surface area contributed by atoms with Crippen molar-refractivity contribution in [1.29, 1.82) is 0 Å². The van der Waals surface area contributed by atoms with Crippen molar-refractivity contribution < 1.29 is 14.3 Å². The normalized spacial score (nSPS) is 17.4. The molecule has 2 N–H and O–H groups in total. The average Bonchev–Trinajstić information content (AvgIpc) is 3.20. The Labute approximate surface area is 111 Å². The fourth-order valence-corrected chi connectivity index (χ4v) is 2.14. The summed E-state index contributed by atoms with van der Waals surface area (Å²) in [5.74, 6) is 0.449. The number of anilines is 1. The molecule has 2 amide bonds. The number of carbonyl (C=O) groups is 2. The van der Waals surface area contributed by atoms with Gasteiger partial charge in [0.25, 0.3) is 5.91 Å². The van der Waals surface area contributed by atoms with Crippen molar-refractivity contribution in [2.24, 2.45) is 0 Å². The third kappa shape index (κ3) is 2.86. The highest BCUT2D eigenvalue weighted by atomic mass is 16.5. The fraction of sp³-hybridized carbons (Fsp3) is 0.429. The Morgan fingerprint density at radius 1 is 1.37 bits per heavy atom. The van der Waals surface area contributed by atoms with Crippen LogP contribution in [-0.4, -0.2) is 24.5 Å². The quantitative estimate of drug-likeness (QED) is 0.855. The molecule has 0 radical (unpaired) electrons. The van der Waals surface area contributed by atoms with Crippen molar-refractivity contribution in [3.05, 3.63) is 23.8 Å². The number of carbonyl (C=O) groups excluding carboxylic acids is 2. The number of benzene rings is 1. The van der Waals surface area contributed by atoms with Crippen LogP contribution in [0.4, 0.5) is 5.69 Å². The Bertz CT molecular complexity index is 523. The second kappa shape index (κ2) is 4.91. The first-order valence-electron chi connectivity index (χ1n) is 6.56. The van der Waals surface area contributed by atoms with Crippen molar-refractivity contribution >= 4 is 17.5 Å². The maximum Gasteiger partial charge on any atom is 0.258 e. The highest BCUT2D eigenvalue weighted by molar-refractivity contribution is 5.95. The molecule has 0 atom stereocenters. The highest BCUT2D eigenvalue weighted by Gasteiger charge is 2.24. The first kappa shape index (κ1) is 12.0. The molecule has 1 aromatic rings. The lowest BCUT2D eigenvalue weighted by atomic mass is 10.0. The van der Waals surface area contributed by atoms with E-state index in [0.29, 0.717) is 30.3 Å². The van der Waals surface area contributed by atoms with Crippen molar-refractivity contribution in [2.75, 3.05) is 11.9 Å². The summed E-state index contributed by atoms with van der Waals surface area (Å²) < 4.78 is 5.52. The van der Waals surface area contributed by atoms with E-state index < -0.39 is 0 Å². The molecule has 0 unspecified atom stereocenters. The third-order valence-electron chi connectivity index (χ3n) is 3.30. The zero-order valence-corrected chi connectivity index (χ0v) is 10.6. The number of rotatable bonds is 4. The summed E-state index contributed by atoms with van der Waals surface area (Å²) in [6, 6.07) is 5.95. The maximum atomic E-state index is 11.6. The summed E-state index contributed by atoms with van der Waals surface area (Å²) in [5.41, 5.74) is 1.76. The first-order chi connectivity index (χ1) is 9.22.